The van der Waals surface area contributed by atoms with Gasteiger partial charge in [-0.25, -0.2) is 15.0 Å². The Balaban J connectivity index is 1.80. The second-order valence-electron chi connectivity index (χ2n) is 6.15. The fourth-order valence-corrected chi connectivity index (χ4v) is 5.65. The van der Waals surface area contributed by atoms with Crippen molar-refractivity contribution in [3.63, 3.8) is 0 Å². The summed E-state index contributed by atoms with van der Waals surface area (Å²) < 4.78 is 40.9. The molecule has 0 amide bonds. The monoisotopic (exact) mass is 486 g/mol. The van der Waals surface area contributed by atoms with Gasteiger partial charge in [0.15, 0.2) is 5.82 Å². The first-order chi connectivity index (χ1) is 14.2. The van der Waals surface area contributed by atoms with Gasteiger partial charge in [0.2, 0.25) is 0 Å². The Morgan fingerprint density at radius 3 is 2.57 bits per heavy atom. The number of aromatic nitrogens is 4. The number of fused-ring (bicyclic) bond motifs is 1. The van der Waals surface area contributed by atoms with Crippen LogP contribution in [-0.4, -0.2) is 30.8 Å². The molecule has 3 aromatic heterocycles. The summed E-state index contributed by atoms with van der Waals surface area (Å²) in [7, 11) is 1.81. The molecule has 0 aliphatic carbocycles. The third-order valence-corrected chi connectivity index (χ3v) is 7.30. The molecule has 0 bridgehead atoms. The van der Waals surface area contributed by atoms with Crippen molar-refractivity contribution in [1.29, 1.82) is 0 Å². The highest BCUT2D eigenvalue weighted by Gasteiger charge is 2.30. The predicted molar refractivity (Wildman–Crippen MR) is 118 cm³/mol. The maximum absolute atomic E-state index is 12.7. The number of thioether (sulfide) groups is 2. The van der Waals surface area contributed by atoms with Crippen LogP contribution in [0.4, 0.5) is 13.2 Å². The van der Waals surface area contributed by atoms with Gasteiger partial charge < -0.3 is 4.57 Å². The van der Waals surface area contributed by atoms with E-state index < -0.39 is 5.51 Å². The largest absolute Gasteiger partial charge is 0.447 e. The standard InChI is InChI=1S/C19H14ClF3N4S3/c1-3-28-18-15(26-17(29-18)10-4-6-11(20)7-5-10)16-25-12-8-14(30-19(21,22)23)24-9-13(12)27(16)2/h4-9H,3H2,1-2H3. The van der Waals surface area contributed by atoms with E-state index in [0.717, 1.165) is 20.5 Å². The van der Waals surface area contributed by atoms with E-state index >= 15 is 0 Å². The van der Waals surface area contributed by atoms with E-state index in [4.69, 9.17) is 16.6 Å². The second-order valence-corrected chi connectivity index (χ2v) is 10.2. The molecule has 4 nitrogen and oxygen atoms in total. The number of nitrogens with zero attached hydrogens (tertiary/aromatic N) is 4. The zero-order chi connectivity index (χ0) is 21.5. The van der Waals surface area contributed by atoms with Crippen LogP contribution >= 0.6 is 46.5 Å². The van der Waals surface area contributed by atoms with Crippen molar-refractivity contribution < 1.29 is 13.2 Å². The van der Waals surface area contributed by atoms with Gasteiger partial charge in [-0.2, -0.15) is 13.2 Å². The molecule has 0 fully saturated rings. The number of hydrogen-bond donors (Lipinski definition) is 0. The minimum atomic E-state index is -4.40. The topological polar surface area (TPSA) is 43.6 Å². The molecule has 0 saturated heterocycles. The Kier molecular flexibility index (Phi) is 6.02. The highest BCUT2D eigenvalue weighted by molar-refractivity contribution is 8.01. The lowest BCUT2D eigenvalue weighted by atomic mass is 10.2. The first-order valence-corrected chi connectivity index (χ1v) is 11.7. The smallest absolute Gasteiger partial charge is 0.324 e. The third kappa shape index (κ3) is 4.46. The van der Waals surface area contributed by atoms with Crippen LogP contribution in [0.2, 0.25) is 5.02 Å². The van der Waals surface area contributed by atoms with Gasteiger partial charge in [-0.15, -0.1) is 23.1 Å². The molecule has 4 rings (SSSR count). The van der Waals surface area contributed by atoms with Crippen molar-refractivity contribution in [3.05, 3.63) is 41.6 Å². The average Bonchev–Trinajstić information content (AvgIpc) is 3.22. The Labute approximate surface area is 187 Å². The number of aryl methyl sites for hydroxylation is 1. The summed E-state index contributed by atoms with van der Waals surface area (Å²) in [5.74, 6) is 1.45. The molecule has 1 aromatic carbocycles. The highest BCUT2D eigenvalue weighted by atomic mass is 35.5. The molecule has 156 valence electrons. The highest BCUT2D eigenvalue weighted by Crippen LogP contribution is 2.41. The van der Waals surface area contributed by atoms with Crippen molar-refractivity contribution >= 4 is 57.5 Å². The van der Waals surface area contributed by atoms with Crippen LogP contribution in [0.1, 0.15) is 6.92 Å². The van der Waals surface area contributed by atoms with E-state index in [1.165, 1.54) is 12.3 Å². The Morgan fingerprint density at radius 1 is 1.17 bits per heavy atom. The van der Waals surface area contributed by atoms with Crippen LogP contribution in [-0.2, 0) is 7.05 Å². The van der Waals surface area contributed by atoms with E-state index in [1.54, 1.807) is 23.1 Å². The molecule has 0 aliphatic rings. The Bertz CT molecular complexity index is 1200. The summed E-state index contributed by atoms with van der Waals surface area (Å²) in [5, 5.41) is 1.34. The van der Waals surface area contributed by atoms with Crippen LogP contribution in [0.5, 0.6) is 0 Å². The first kappa shape index (κ1) is 21.5. The fourth-order valence-electron chi connectivity index (χ4n) is 2.85. The van der Waals surface area contributed by atoms with Gasteiger partial charge in [-0.05, 0) is 24.0 Å². The van der Waals surface area contributed by atoms with E-state index in [1.807, 2.05) is 35.9 Å². The second kappa shape index (κ2) is 8.41. The lowest BCUT2D eigenvalue weighted by Crippen LogP contribution is -2.00. The van der Waals surface area contributed by atoms with Crippen molar-refractivity contribution in [2.45, 2.75) is 21.7 Å². The number of benzene rings is 1. The molecular weight excluding hydrogens is 473 g/mol. The first-order valence-electron chi connectivity index (χ1n) is 8.73. The van der Waals surface area contributed by atoms with Crippen molar-refractivity contribution in [1.82, 2.24) is 19.5 Å². The van der Waals surface area contributed by atoms with E-state index in [9.17, 15) is 13.2 Å². The van der Waals surface area contributed by atoms with Crippen molar-refractivity contribution in [3.8, 4) is 22.1 Å². The van der Waals surface area contributed by atoms with Gasteiger partial charge in [0, 0.05) is 29.4 Å². The predicted octanol–water partition coefficient (Wildman–Crippen LogP) is 7.14. The van der Waals surface area contributed by atoms with E-state index in [0.29, 0.717) is 27.6 Å². The molecular formula is C19H14ClF3N4S3. The minimum absolute atomic E-state index is 0.136. The van der Waals surface area contributed by atoms with Crippen LogP contribution in [0.3, 0.4) is 0 Å². The van der Waals surface area contributed by atoms with Crippen LogP contribution < -0.4 is 0 Å². The molecule has 0 spiro atoms. The maximum atomic E-state index is 12.7. The summed E-state index contributed by atoms with van der Waals surface area (Å²) in [6.07, 6.45) is 1.42. The van der Waals surface area contributed by atoms with Gasteiger partial charge in [-0.3, -0.25) is 0 Å². The number of pyridine rings is 1. The van der Waals surface area contributed by atoms with Gasteiger partial charge in [0.05, 0.1) is 21.4 Å². The summed E-state index contributed by atoms with van der Waals surface area (Å²) in [6.45, 7) is 2.05. The van der Waals surface area contributed by atoms with Gasteiger partial charge in [0.25, 0.3) is 0 Å². The number of alkyl halides is 3. The lowest BCUT2D eigenvalue weighted by Gasteiger charge is -2.04. The molecule has 0 atom stereocenters. The molecule has 30 heavy (non-hydrogen) atoms. The Hall–Kier alpha value is -1.75. The van der Waals surface area contributed by atoms with Crippen LogP contribution in [0.25, 0.3) is 33.1 Å². The van der Waals surface area contributed by atoms with E-state index in [2.05, 4.69) is 16.9 Å². The number of imidazole rings is 1. The van der Waals surface area contributed by atoms with Crippen molar-refractivity contribution in [2.75, 3.05) is 5.75 Å². The quantitative estimate of drug-likeness (QED) is 0.280. The number of thiazole rings is 1. The number of halogens is 4. The molecule has 0 unspecified atom stereocenters. The summed E-state index contributed by atoms with van der Waals surface area (Å²) in [4.78, 5) is 13.3. The summed E-state index contributed by atoms with van der Waals surface area (Å²) in [5.41, 5.74) is -1.66. The molecule has 0 radical (unpaired) electrons. The third-order valence-electron chi connectivity index (χ3n) is 4.14. The summed E-state index contributed by atoms with van der Waals surface area (Å²) >= 11 is 8.95. The molecule has 3 heterocycles. The van der Waals surface area contributed by atoms with Gasteiger partial charge in [-0.1, -0.05) is 30.7 Å². The molecule has 0 saturated carbocycles. The maximum Gasteiger partial charge on any atom is 0.447 e. The zero-order valence-corrected chi connectivity index (χ0v) is 18.9. The van der Waals surface area contributed by atoms with Crippen LogP contribution in [0, 0.1) is 0 Å². The summed E-state index contributed by atoms with van der Waals surface area (Å²) in [6, 6.07) is 8.79. The number of rotatable bonds is 5. The SMILES string of the molecule is CCSc1sc(-c2ccc(Cl)cc2)nc1-c1nc2cc(SC(F)(F)F)ncc2n1C. The molecule has 4 aromatic rings. The number of hydrogen-bond acceptors (Lipinski definition) is 6. The zero-order valence-electron chi connectivity index (χ0n) is 15.7. The molecule has 0 N–H and O–H groups in total. The Morgan fingerprint density at radius 2 is 1.90 bits per heavy atom. The average molecular weight is 487 g/mol. The van der Waals surface area contributed by atoms with E-state index in [-0.39, 0.29) is 16.8 Å². The molecule has 11 heteroatoms. The molecule has 0 aliphatic heterocycles. The minimum Gasteiger partial charge on any atom is -0.324 e. The fraction of sp³-hybridized carbons (Fsp3) is 0.211. The lowest BCUT2D eigenvalue weighted by molar-refractivity contribution is -0.0329. The van der Waals surface area contributed by atoms with Crippen LogP contribution in [0.15, 0.2) is 45.8 Å². The normalized spacial score (nSPS) is 12.1. The van der Waals surface area contributed by atoms with Gasteiger partial charge >= 0.3 is 5.51 Å². The van der Waals surface area contributed by atoms with Crippen molar-refractivity contribution in [2.24, 2.45) is 7.05 Å². The van der Waals surface area contributed by atoms with Gasteiger partial charge in [0.1, 0.15) is 15.7 Å².